The highest BCUT2D eigenvalue weighted by atomic mass is 79.9. The monoisotopic (exact) mass is 493 g/mol. The van der Waals surface area contributed by atoms with E-state index in [4.69, 9.17) is 5.11 Å². The minimum absolute atomic E-state index is 0.225. The van der Waals surface area contributed by atoms with Crippen molar-refractivity contribution in [1.82, 2.24) is 5.32 Å². The molecule has 0 fully saturated rings. The lowest BCUT2D eigenvalue weighted by molar-refractivity contribution is -0.141. The molecule has 0 rings (SSSR count). The molecule has 26 heavy (non-hydrogen) atoms. The minimum Gasteiger partial charge on any atom is -0.480 e. The zero-order valence-corrected chi connectivity index (χ0v) is 19.1. The second-order valence-corrected chi connectivity index (χ2v) is 9.75. The number of rotatable bonds is 15. The Kier molecular flexibility index (Phi) is 16.2. The van der Waals surface area contributed by atoms with Crippen LogP contribution in [0.2, 0.25) is 0 Å². The SMILES string of the molecule is CC(C)C[C@H](NC(=O)/C=C/CCCCCCCCCC=C(Br)Br)C(=O)O. The van der Waals surface area contributed by atoms with Crippen LogP contribution in [0.5, 0.6) is 0 Å². The average molecular weight is 495 g/mol. The smallest absolute Gasteiger partial charge is 0.326 e. The van der Waals surface area contributed by atoms with Crippen molar-refractivity contribution < 1.29 is 14.7 Å². The Morgan fingerprint density at radius 1 is 0.962 bits per heavy atom. The van der Waals surface area contributed by atoms with Crippen LogP contribution in [0.25, 0.3) is 0 Å². The van der Waals surface area contributed by atoms with Gasteiger partial charge in [-0.2, -0.15) is 0 Å². The van der Waals surface area contributed by atoms with E-state index in [1.54, 1.807) is 0 Å². The highest BCUT2D eigenvalue weighted by Gasteiger charge is 2.19. The summed E-state index contributed by atoms with van der Waals surface area (Å²) in [6.45, 7) is 3.88. The Balaban J connectivity index is 3.66. The van der Waals surface area contributed by atoms with E-state index < -0.39 is 12.0 Å². The van der Waals surface area contributed by atoms with Crippen molar-refractivity contribution in [2.24, 2.45) is 5.92 Å². The predicted molar refractivity (Wildman–Crippen MR) is 116 cm³/mol. The first-order valence-electron chi connectivity index (χ1n) is 9.54. The van der Waals surface area contributed by atoms with Crippen molar-refractivity contribution in [3.8, 4) is 0 Å². The van der Waals surface area contributed by atoms with Crippen LogP contribution in [0.1, 0.15) is 78.1 Å². The van der Waals surface area contributed by atoms with Gasteiger partial charge in [0.2, 0.25) is 5.91 Å². The fourth-order valence-electron chi connectivity index (χ4n) is 2.60. The molecule has 0 aliphatic carbocycles. The van der Waals surface area contributed by atoms with Gasteiger partial charge in [0.05, 0.1) is 3.39 Å². The summed E-state index contributed by atoms with van der Waals surface area (Å²) < 4.78 is 1.03. The number of hydrogen-bond acceptors (Lipinski definition) is 2. The van der Waals surface area contributed by atoms with E-state index in [1.807, 2.05) is 19.9 Å². The molecule has 1 amide bonds. The molecular weight excluding hydrogens is 462 g/mol. The fourth-order valence-corrected chi connectivity index (χ4v) is 3.06. The van der Waals surface area contributed by atoms with E-state index >= 15 is 0 Å². The number of carbonyl (C=O) groups is 2. The van der Waals surface area contributed by atoms with Crippen LogP contribution < -0.4 is 5.32 Å². The molecular formula is C20H33Br2NO3. The third-order valence-electron chi connectivity index (χ3n) is 3.96. The van der Waals surface area contributed by atoms with Gasteiger partial charge in [0.1, 0.15) is 6.04 Å². The van der Waals surface area contributed by atoms with Crippen molar-refractivity contribution in [1.29, 1.82) is 0 Å². The molecule has 0 saturated carbocycles. The number of carbonyl (C=O) groups excluding carboxylic acids is 1. The first-order valence-corrected chi connectivity index (χ1v) is 11.1. The number of nitrogens with one attached hydrogen (secondary N) is 1. The minimum atomic E-state index is -0.976. The van der Waals surface area contributed by atoms with Crippen molar-refractivity contribution in [3.63, 3.8) is 0 Å². The third kappa shape index (κ3) is 16.8. The van der Waals surface area contributed by atoms with Crippen LogP contribution in [0, 0.1) is 5.92 Å². The number of halogens is 2. The second kappa shape index (κ2) is 16.5. The maximum atomic E-state index is 11.8. The molecule has 0 aliphatic rings. The Morgan fingerprint density at radius 3 is 2.00 bits per heavy atom. The van der Waals surface area contributed by atoms with E-state index in [0.29, 0.717) is 6.42 Å². The molecule has 0 aromatic rings. The fraction of sp³-hybridized carbons (Fsp3) is 0.700. The molecule has 4 nitrogen and oxygen atoms in total. The number of carboxylic acids is 1. The van der Waals surface area contributed by atoms with Gasteiger partial charge >= 0.3 is 5.97 Å². The maximum Gasteiger partial charge on any atom is 0.326 e. The molecule has 0 aromatic carbocycles. The number of amides is 1. The van der Waals surface area contributed by atoms with E-state index in [1.165, 1.54) is 44.6 Å². The average Bonchev–Trinajstić information content (AvgIpc) is 2.54. The molecule has 0 radical (unpaired) electrons. The molecule has 0 bridgehead atoms. The molecule has 2 N–H and O–H groups in total. The van der Waals surface area contributed by atoms with Gasteiger partial charge < -0.3 is 10.4 Å². The lowest BCUT2D eigenvalue weighted by Crippen LogP contribution is -2.40. The van der Waals surface area contributed by atoms with Gasteiger partial charge in [0.15, 0.2) is 0 Å². The normalized spacial score (nSPS) is 12.3. The number of carboxylic acid groups (broad SMARTS) is 1. The summed E-state index contributed by atoms with van der Waals surface area (Å²) in [7, 11) is 0. The zero-order chi connectivity index (χ0) is 19.8. The Hall–Kier alpha value is -0.620. The van der Waals surface area contributed by atoms with Gasteiger partial charge in [0, 0.05) is 0 Å². The van der Waals surface area contributed by atoms with Crippen molar-refractivity contribution in [2.75, 3.05) is 0 Å². The lowest BCUT2D eigenvalue weighted by atomic mass is 10.0. The van der Waals surface area contributed by atoms with Gasteiger partial charge in [-0.15, -0.1) is 0 Å². The quantitative estimate of drug-likeness (QED) is 0.207. The Labute approximate surface area is 175 Å². The topological polar surface area (TPSA) is 66.4 Å². The largest absolute Gasteiger partial charge is 0.480 e. The van der Waals surface area contributed by atoms with E-state index in [-0.39, 0.29) is 11.8 Å². The summed E-state index contributed by atoms with van der Waals surface area (Å²) in [5.41, 5.74) is 0. The summed E-state index contributed by atoms with van der Waals surface area (Å²) in [5, 5.41) is 11.7. The Bertz CT molecular complexity index is 458. The van der Waals surface area contributed by atoms with Crippen LogP contribution in [0.3, 0.4) is 0 Å². The summed E-state index contributed by atoms with van der Waals surface area (Å²) >= 11 is 6.71. The first kappa shape index (κ1) is 25.4. The second-order valence-electron chi connectivity index (χ2n) is 6.98. The molecule has 150 valence electrons. The molecule has 0 spiro atoms. The zero-order valence-electron chi connectivity index (χ0n) is 16.0. The van der Waals surface area contributed by atoms with Gasteiger partial charge in [-0.1, -0.05) is 58.1 Å². The number of hydrogen-bond donors (Lipinski definition) is 2. The first-order chi connectivity index (χ1) is 12.3. The van der Waals surface area contributed by atoms with Gasteiger partial charge in [-0.3, -0.25) is 4.79 Å². The van der Waals surface area contributed by atoms with Crippen LogP contribution in [0.15, 0.2) is 21.6 Å². The van der Waals surface area contributed by atoms with Gasteiger partial charge in [-0.05, 0) is 76.0 Å². The molecule has 6 heteroatoms. The summed E-state index contributed by atoms with van der Waals surface area (Å²) in [6.07, 6.45) is 16.4. The van der Waals surface area contributed by atoms with Gasteiger partial charge in [0.25, 0.3) is 0 Å². The van der Waals surface area contributed by atoms with Crippen molar-refractivity contribution in [2.45, 2.75) is 84.1 Å². The van der Waals surface area contributed by atoms with Crippen LogP contribution in [0.4, 0.5) is 0 Å². The van der Waals surface area contributed by atoms with Crippen molar-refractivity contribution in [3.05, 3.63) is 21.6 Å². The van der Waals surface area contributed by atoms with E-state index in [0.717, 1.165) is 22.7 Å². The molecule has 0 aromatic heterocycles. The summed E-state index contributed by atoms with van der Waals surface area (Å²) in [6, 6.07) is -0.807. The predicted octanol–water partition coefficient (Wildman–Crippen LogP) is 6.30. The van der Waals surface area contributed by atoms with Crippen molar-refractivity contribution >= 4 is 43.7 Å². The van der Waals surface area contributed by atoms with Crippen LogP contribution in [-0.2, 0) is 9.59 Å². The molecule has 0 heterocycles. The molecule has 0 aliphatic heterocycles. The summed E-state index contributed by atoms with van der Waals surface area (Å²) in [4.78, 5) is 22.9. The summed E-state index contributed by atoms with van der Waals surface area (Å²) in [5.74, 6) is -1.07. The highest BCUT2D eigenvalue weighted by Crippen LogP contribution is 2.16. The van der Waals surface area contributed by atoms with E-state index in [2.05, 4.69) is 43.3 Å². The molecule has 0 saturated heterocycles. The number of aliphatic carboxylic acids is 1. The maximum absolute atomic E-state index is 11.8. The highest BCUT2D eigenvalue weighted by molar-refractivity contribution is 9.28. The third-order valence-corrected chi connectivity index (χ3v) is 4.61. The van der Waals surface area contributed by atoms with Crippen LogP contribution >= 0.6 is 31.9 Å². The number of allylic oxidation sites excluding steroid dienone is 2. The lowest BCUT2D eigenvalue weighted by Gasteiger charge is -2.15. The van der Waals surface area contributed by atoms with Gasteiger partial charge in [-0.25, -0.2) is 4.79 Å². The van der Waals surface area contributed by atoms with E-state index in [9.17, 15) is 9.59 Å². The Morgan fingerprint density at radius 2 is 1.50 bits per heavy atom. The number of unbranched alkanes of at least 4 members (excludes halogenated alkanes) is 8. The molecule has 1 atom stereocenters. The molecule has 0 unspecified atom stereocenters. The standard InChI is InChI=1S/C20H33Br2NO3/c1-16(2)15-17(20(25)26)23-19(24)14-12-10-8-6-4-3-5-7-9-11-13-18(21)22/h12-14,16-17H,3-11,15H2,1-2H3,(H,23,24)(H,25,26)/b14-12+/t17-/m0/s1. The van der Waals surface area contributed by atoms with Crippen LogP contribution in [-0.4, -0.2) is 23.0 Å².